The standard InChI is InChI=1S/C25H23NO5S/c1-31-24-17-20(4-3-18-9-15-23(16-10-18)32(2,29)30)6-12-21(24)11-5-19-7-13-22(14-8-19)26-25(27)28/h3-17,26H,1-2H3,(H,27,28)/b4-3+,11-5+. The molecule has 0 aliphatic heterocycles. The zero-order valence-electron chi connectivity index (χ0n) is 17.6. The van der Waals surface area contributed by atoms with Crippen LogP contribution in [0.4, 0.5) is 10.5 Å². The van der Waals surface area contributed by atoms with Gasteiger partial charge in [-0.2, -0.15) is 0 Å². The Morgan fingerprint density at radius 2 is 1.38 bits per heavy atom. The van der Waals surface area contributed by atoms with Crippen LogP contribution in [0.3, 0.4) is 0 Å². The molecule has 0 aliphatic carbocycles. The number of carboxylic acid groups (broad SMARTS) is 1. The van der Waals surface area contributed by atoms with E-state index < -0.39 is 15.9 Å². The Kier molecular flexibility index (Phi) is 7.12. The van der Waals surface area contributed by atoms with Crippen molar-refractivity contribution in [3.63, 3.8) is 0 Å². The third-order valence-electron chi connectivity index (χ3n) is 4.65. The van der Waals surface area contributed by atoms with E-state index in [-0.39, 0.29) is 0 Å². The van der Waals surface area contributed by atoms with E-state index in [0.29, 0.717) is 16.3 Å². The molecular weight excluding hydrogens is 426 g/mol. The van der Waals surface area contributed by atoms with Crippen LogP contribution in [0.1, 0.15) is 22.3 Å². The third-order valence-corrected chi connectivity index (χ3v) is 5.78. The highest BCUT2D eigenvalue weighted by molar-refractivity contribution is 7.90. The zero-order valence-corrected chi connectivity index (χ0v) is 18.5. The summed E-state index contributed by atoms with van der Waals surface area (Å²) in [4.78, 5) is 11.0. The number of methoxy groups -OCH3 is 1. The number of ether oxygens (including phenoxy) is 1. The molecule has 0 bridgehead atoms. The summed E-state index contributed by atoms with van der Waals surface area (Å²) in [6, 6.07) is 19.6. The molecule has 7 heteroatoms. The highest BCUT2D eigenvalue weighted by atomic mass is 32.2. The van der Waals surface area contributed by atoms with Gasteiger partial charge < -0.3 is 9.84 Å². The summed E-state index contributed by atoms with van der Waals surface area (Å²) in [5.41, 5.74) is 4.16. The molecule has 1 amide bonds. The van der Waals surface area contributed by atoms with Crippen LogP contribution in [0.25, 0.3) is 24.3 Å². The molecule has 0 saturated heterocycles. The molecular formula is C25H23NO5S. The molecule has 3 aromatic rings. The fraction of sp³-hybridized carbons (Fsp3) is 0.0800. The van der Waals surface area contributed by atoms with Gasteiger partial charge in [0.2, 0.25) is 0 Å². The molecule has 2 N–H and O–H groups in total. The van der Waals surface area contributed by atoms with Crippen LogP contribution >= 0.6 is 0 Å². The van der Waals surface area contributed by atoms with E-state index in [9.17, 15) is 13.2 Å². The van der Waals surface area contributed by atoms with Crippen molar-refractivity contribution in [1.29, 1.82) is 0 Å². The first-order valence-electron chi connectivity index (χ1n) is 9.69. The van der Waals surface area contributed by atoms with Crippen molar-refractivity contribution in [3.05, 3.63) is 89.0 Å². The van der Waals surface area contributed by atoms with Gasteiger partial charge in [0.15, 0.2) is 9.84 Å². The maximum Gasteiger partial charge on any atom is 0.409 e. The molecule has 0 atom stereocenters. The molecule has 0 fully saturated rings. The summed E-state index contributed by atoms with van der Waals surface area (Å²) in [5, 5.41) is 11.0. The maximum absolute atomic E-state index is 11.6. The van der Waals surface area contributed by atoms with Crippen molar-refractivity contribution in [2.45, 2.75) is 4.90 Å². The van der Waals surface area contributed by atoms with Crippen LogP contribution in [-0.2, 0) is 9.84 Å². The molecule has 0 unspecified atom stereocenters. The summed E-state index contributed by atoms with van der Waals surface area (Å²) in [6.45, 7) is 0. The van der Waals surface area contributed by atoms with E-state index in [2.05, 4.69) is 5.32 Å². The molecule has 0 aliphatic rings. The van der Waals surface area contributed by atoms with Crippen LogP contribution in [0.15, 0.2) is 71.6 Å². The van der Waals surface area contributed by atoms with Gasteiger partial charge in [0, 0.05) is 17.5 Å². The average Bonchev–Trinajstić information content (AvgIpc) is 2.76. The molecule has 3 aromatic carbocycles. The summed E-state index contributed by atoms with van der Waals surface area (Å²) in [7, 11) is -1.60. The molecule has 164 valence electrons. The fourth-order valence-corrected chi connectivity index (χ4v) is 3.61. The number of hydrogen-bond donors (Lipinski definition) is 2. The number of benzene rings is 3. The number of nitrogens with one attached hydrogen (secondary N) is 1. The number of carbonyl (C=O) groups is 1. The van der Waals surface area contributed by atoms with Gasteiger partial charge in [-0.3, -0.25) is 5.32 Å². The SMILES string of the molecule is COc1cc(/C=C/c2ccc(S(C)(=O)=O)cc2)ccc1/C=C/c1ccc(NC(=O)O)cc1. The molecule has 0 saturated carbocycles. The van der Waals surface area contributed by atoms with Crippen LogP contribution in [0, 0.1) is 0 Å². The Morgan fingerprint density at radius 1 is 0.844 bits per heavy atom. The predicted octanol–water partition coefficient (Wildman–Crippen LogP) is 5.53. The normalized spacial score (nSPS) is 11.7. The minimum absolute atomic E-state index is 0.292. The van der Waals surface area contributed by atoms with E-state index in [1.165, 1.54) is 6.26 Å². The molecule has 0 heterocycles. The number of anilines is 1. The number of sulfone groups is 1. The predicted molar refractivity (Wildman–Crippen MR) is 128 cm³/mol. The second kappa shape index (κ2) is 9.98. The summed E-state index contributed by atoms with van der Waals surface area (Å²) >= 11 is 0. The lowest BCUT2D eigenvalue weighted by Gasteiger charge is -2.06. The van der Waals surface area contributed by atoms with Crippen LogP contribution in [-0.4, -0.2) is 33.0 Å². The Balaban J connectivity index is 1.73. The molecule has 32 heavy (non-hydrogen) atoms. The van der Waals surface area contributed by atoms with Gasteiger partial charge in [-0.15, -0.1) is 0 Å². The Labute approximate surface area is 187 Å². The van der Waals surface area contributed by atoms with Gasteiger partial charge in [0.1, 0.15) is 5.75 Å². The maximum atomic E-state index is 11.6. The molecule has 0 spiro atoms. The first kappa shape index (κ1) is 22.8. The fourth-order valence-electron chi connectivity index (χ4n) is 2.97. The molecule has 3 rings (SSSR count). The van der Waals surface area contributed by atoms with Gasteiger partial charge in [-0.1, -0.05) is 60.7 Å². The van der Waals surface area contributed by atoms with Crippen molar-refractivity contribution < 1.29 is 23.1 Å². The van der Waals surface area contributed by atoms with Gasteiger partial charge in [0.25, 0.3) is 0 Å². The van der Waals surface area contributed by atoms with Crippen LogP contribution in [0.2, 0.25) is 0 Å². The molecule has 6 nitrogen and oxygen atoms in total. The lowest BCUT2D eigenvalue weighted by Crippen LogP contribution is -2.06. The zero-order chi connectivity index (χ0) is 23.1. The quantitative estimate of drug-likeness (QED) is 0.463. The van der Waals surface area contributed by atoms with Gasteiger partial charge in [-0.25, -0.2) is 13.2 Å². The Morgan fingerprint density at radius 3 is 1.94 bits per heavy atom. The van der Waals surface area contributed by atoms with E-state index in [1.807, 2.05) is 54.6 Å². The minimum atomic E-state index is -3.21. The average molecular weight is 450 g/mol. The minimum Gasteiger partial charge on any atom is -0.496 e. The van der Waals surface area contributed by atoms with Crippen molar-refractivity contribution in [2.75, 3.05) is 18.7 Å². The smallest absolute Gasteiger partial charge is 0.409 e. The lowest BCUT2D eigenvalue weighted by molar-refractivity contribution is 0.209. The van der Waals surface area contributed by atoms with Gasteiger partial charge in [0.05, 0.1) is 12.0 Å². The van der Waals surface area contributed by atoms with Crippen molar-refractivity contribution >= 4 is 45.9 Å². The van der Waals surface area contributed by atoms with Gasteiger partial charge in [-0.05, 0) is 47.0 Å². The summed E-state index contributed by atoms with van der Waals surface area (Å²) in [5.74, 6) is 0.708. The number of hydrogen-bond acceptors (Lipinski definition) is 4. The first-order valence-corrected chi connectivity index (χ1v) is 11.6. The first-order chi connectivity index (χ1) is 15.2. The summed E-state index contributed by atoms with van der Waals surface area (Å²) < 4.78 is 28.6. The molecule has 0 aromatic heterocycles. The van der Waals surface area contributed by atoms with E-state index in [4.69, 9.17) is 9.84 Å². The second-order valence-electron chi connectivity index (χ2n) is 7.06. The lowest BCUT2D eigenvalue weighted by atomic mass is 10.1. The number of rotatable bonds is 7. The van der Waals surface area contributed by atoms with E-state index >= 15 is 0 Å². The summed E-state index contributed by atoms with van der Waals surface area (Å²) in [6.07, 6.45) is 7.77. The largest absolute Gasteiger partial charge is 0.496 e. The van der Waals surface area contributed by atoms with Crippen LogP contribution in [0.5, 0.6) is 5.75 Å². The second-order valence-corrected chi connectivity index (χ2v) is 9.08. The van der Waals surface area contributed by atoms with Crippen molar-refractivity contribution in [2.24, 2.45) is 0 Å². The Bertz CT molecular complexity index is 1260. The highest BCUT2D eigenvalue weighted by Gasteiger charge is 2.05. The number of amides is 1. The monoisotopic (exact) mass is 449 g/mol. The highest BCUT2D eigenvalue weighted by Crippen LogP contribution is 2.24. The van der Waals surface area contributed by atoms with Gasteiger partial charge >= 0.3 is 6.09 Å². The van der Waals surface area contributed by atoms with Crippen molar-refractivity contribution in [3.8, 4) is 5.75 Å². The Hall–Kier alpha value is -3.84. The van der Waals surface area contributed by atoms with Crippen molar-refractivity contribution in [1.82, 2.24) is 0 Å². The van der Waals surface area contributed by atoms with E-state index in [1.54, 1.807) is 43.5 Å². The third kappa shape index (κ3) is 6.33. The van der Waals surface area contributed by atoms with Crippen LogP contribution < -0.4 is 10.1 Å². The topological polar surface area (TPSA) is 92.7 Å². The molecule has 0 radical (unpaired) electrons. The van der Waals surface area contributed by atoms with E-state index in [0.717, 1.165) is 22.3 Å².